The SMILES string of the molecule is O=C(OCc1ccccc1)N1CCn2nc(-c3ccc(F)cc3)c(-c3ccnc(Cl)n3)c2C1. The highest BCUT2D eigenvalue weighted by atomic mass is 35.5. The van der Waals surface area contributed by atoms with Gasteiger partial charge < -0.3 is 9.64 Å². The molecule has 0 saturated carbocycles. The Labute approximate surface area is 194 Å². The Kier molecular flexibility index (Phi) is 5.75. The van der Waals surface area contributed by atoms with Gasteiger partial charge in [-0.2, -0.15) is 5.10 Å². The number of benzene rings is 2. The van der Waals surface area contributed by atoms with Gasteiger partial charge in [0.05, 0.1) is 30.0 Å². The average molecular weight is 464 g/mol. The van der Waals surface area contributed by atoms with Gasteiger partial charge in [0.1, 0.15) is 18.1 Å². The molecule has 1 amide bonds. The summed E-state index contributed by atoms with van der Waals surface area (Å²) in [7, 11) is 0. The molecule has 0 saturated heterocycles. The van der Waals surface area contributed by atoms with E-state index in [1.807, 2.05) is 35.0 Å². The Morgan fingerprint density at radius 1 is 1.06 bits per heavy atom. The van der Waals surface area contributed by atoms with Crippen LogP contribution in [-0.2, 0) is 24.4 Å². The van der Waals surface area contributed by atoms with Crippen LogP contribution < -0.4 is 0 Å². The third kappa shape index (κ3) is 4.42. The first kappa shape index (κ1) is 21.1. The first-order valence-electron chi connectivity index (χ1n) is 10.4. The summed E-state index contributed by atoms with van der Waals surface area (Å²) in [4.78, 5) is 22.8. The van der Waals surface area contributed by atoms with E-state index in [9.17, 15) is 9.18 Å². The van der Waals surface area contributed by atoms with Crippen molar-refractivity contribution >= 4 is 17.7 Å². The van der Waals surface area contributed by atoms with Crippen molar-refractivity contribution in [2.75, 3.05) is 6.54 Å². The van der Waals surface area contributed by atoms with Gasteiger partial charge >= 0.3 is 6.09 Å². The lowest BCUT2D eigenvalue weighted by atomic mass is 10.0. The first-order chi connectivity index (χ1) is 16.1. The van der Waals surface area contributed by atoms with Crippen molar-refractivity contribution in [3.63, 3.8) is 0 Å². The number of rotatable bonds is 4. The molecule has 7 nitrogen and oxygen atoms in total. The molecular weight excluding hydrogens is 445 g/mol. The number of amides is 1. The third-order valence-corrected chi connectivity index (χ3v) is 5.63. The molecule has 3 heterocycles. The van der Waals surface area contributed by atoms with Crippen molar-refractivity contribution in [2.24, 2.45) is 0 Å². The molecule has 1 aliphatic rings. The smallest absolute Gasteiger partial charge is 0.410 e. The van der Waals surface area contributed by atoms with Crippen LogP contribution in [0.2, 0.25) is 5.28 Å². The van der Waals surface area contributed by atoms with Gasteiger partial charge in [0.25, 0.3) is 0 Å². The number of aromatic nitrogens is 4. The molecule has 2 aromatic heterocycles. The van der Waals surface area contributed by atoms with Gasteiger partial charge in [0, 0.05) is 18.3 Å². The second kappa shape index (κ2) is 8.99. The van der Waals surface area contributed by atoms with E-state index in [0.29, 0.717) is 31.0 Å². The molecule has 2 aromatic carbocycles. The molecule has 0 atom stereocenters. The van der Waals surface area contributed by atoms with Gasteiger partial charge in [-0.15, -0.1) is 0 Å². The minimum Gasteiger partial charge on any atom is -0.445 e. The fourth-order valence-electron chi connectivity index (χ4n) is 3.84. The molecule has 33 heavy (non-hydrogen) atoms. The van der Waals surface area contributed by atoms with E-state index in [1.54, 1.807) is 29.3 Å². The summed E-state index contributed by atoms with van der Waals surface area (Å²) in [5, 5.41) is 4.86. The normalized spacial score (nSPS) is 13.0. The van der Waals surface area contributed by atoms with Crippen LogP contribution in [-0.4, -0.2) is 37.3 Å². The Balaban J connectivity index is 1.48. The van der Waals surface area contributed by atoms with Crippen molar-refractivity contribution in [3.05, 3.63) is 89.2 Å². The Hall–Kier alpha value is -3.78. The summed E-state index contributed by atoms with van der Waals surface area (Å²) < 4.78 is 20.9. The van der Waals surface area contributed by atoms with Crippen molar-refractivity contribution in [1.82, 2.24) is 24.6 Å². The van der Waals surface area contributed by atoms with Crippen LogP contribution in [0.3, 0.4) is 0 Å². The number of fused-ring (bicyclic) bond motifs is 1. The maximum Gasteiger partial charge on any atom is 0.410 e. The molecule has 0 aliphatic carbocycles. The molecular formula is C24H19ClFN5O2. The molecule has 0 bridgehead atoms. The molecule has 0 radical (unpaired) electrons. The minimum atomic E-state index is -0.402. The Morgan fingerprint density at radius 2 is 1.85 bits per heavy atom. The standard InChI is InChI=1S/C24H19ClFN5O2/c25-23-27-11-10-19(28-23)21-20-14-30(24(32)33-15-16-4-2-1-3-5-16)12-13-31(20)29-22(21)17-6-8-18(26)9-7-17/h1-11H,12-15H2. The lowest BCUT2D eigenvalue weighted by Crippen LogP contribution is -2.38. The van der Waals surface area contributed by atoms with Gasteiger partial charge in [-0.1, -0.05) is 30.3 Å². The number of carbonyl (C=O) groups excluding carboxylic acids is 1. The van der Waals surface area contributed by atoms with E-state index in [4.69, 9.17) is 21.4 Å². The maximum absolute atomic E-state index is 13.5. The van der Waals surface area contributed by atoms with E-state index in [2.05, 4.69) is 9.97 Å². The van der Waals surface area contributed by atoms with E-state index in [-0.39, 0.29) is 17.7 Å². The molecule has 0 spiro atoms. The zero-order valence-electron chi connectivity index (χ0n) is 17.5. The largest absolute Gasteiger partial charge is 0.445 e. The molecule has 0 fully saturated rings. The molecule has 4 aromatic rings. The van der Waals surface area contributed by atoms with Crippen LogP contribution in [0.4, 0.5) is 9.18 Å². The second-order valence-corrected chi connectivity index (χ2v) is 7.91. The molecule has 0 N–H and O–H groups in total. The number of carbonyl (C=O) groups is 1. The monoisotopic (exact) mass is 463 g/mol. The lowest BCUT2D eigenvalue weighted by Gasteiger charge is -2.27. The summed E-state index contributed by atoms with van der Waals surface area (Å²) in [6, 6.07) is 17.4. The zero-order valence-corrected chi connectivity index (χ0v) is 18.2. The summed E-state index contributed by atoms with van der Waals surface area (Å²) in [5.74, 6) is -0.332. The van der Waals surface area contributed by atoms with Crippen LogP contribution in [0.5, 0.6) is 0 Å². The van der Waals surface area contributed by atoms with Crippen LogP contribution in [0.1, 0.15) is 11.3 Å². The van der Waals surface area contributed by atoms with Crippen molar-refractivity contribution < 1.29 is 13.9 Å². The highest BCUT2D eigenvalue weighted by molar-refractivity contribution is 6.28. The Bertz CT molecular complexity index is 1290. The number of nitrogens with zero attached hydrogens (tertiary/aromatic N) is 5. The van der Waals surface area contributed by atoms with Crippen molar-refractivity contribution in [3.8, 4) is 22.5 Å². The number of hydrogen-bond acceptors (Lipinski definition) is 5. The van der Waals surface area contributed by atoms with Crippen molar-refractivity contribution in [2.45, 2.75) is 19.7 Å². The topological polar surface area (TPSA) is 73.1 Å². The van der Waals surface area contributed by atoms with Crippen LogP contribution >= 0.6 is 11.6 Å². The van der Waals surface area contributed by atoms with Crippen LogP contribution in [0, 0.1) is 5.82 Å². The Morgan fingerprint density at radius 3 is 2.61 bits per heavy atom. The van der Waals surface area contributed by atoms with E-state index in [1.165, 1.54) is 12.1 Å². The predicted molar refractivity (Wildman–Crippen MR) is 121 cm³/mol. The third-order valence-electron chi connectivity index (χ3n) is 5.44. The summed E-state index contributed by atoms with van der Waals surface area (Å²) in [5.41, 5.74) is 4.40. The van der Waals surface area contributed by atoms with Crippen LogP contribution in [0.25, 0.3) is 22.5 Å². The molecule has 0 unspecified atom stereocenters. The number of hydrogen-bond donors (Lipinski definition) is 0. The number of halogens is 2. The minimum absolute atomic E-state index is 0.104. The second-order valence-electron chi connectivity index (χ2n) is 7.57. The van der Waals surface area contributed by atoms with E-state index < -0.39 is 6.09 Å². The predicted octanol–water partition coefficient (Wildman–Crippen LogP) is 4.95. The highest BCUT2D eigenvalue weighted by Gasteiger charge is 2.29. The molecule has 9 heteroatoms. The summed E-state index contributed by atoms with van der Waals surface area (Å²) >= 11 is 6.06. The quantitative estimate of drug-likeness (QED) is 0.400. The molecule has 166 valence electrons. The fourth-order valence-corrected chi connectivity index (χ4v) is 3.98. The molecule has 5 rings (SSSR count). The van der Waals surface area contributed by atoms with E-state index in [0.717, 1.165) is 22.4 Å². The average Bonchev–Trinajstić information content (AvgIpc) is 3.22. The maximum atomic E-state index is 13.5. The summed E-state index contributed by atoms with van der Waals surface area (Å²) in [6.45, 7) is 1.43. The van der Waals surface area contributed by atoms with Crippen LogP contribution in [0.15, 0.2) is 66.9 Å². The highest BCUT2D eigenvalue weighted by Crippen LogP contribution is 2.36. The zero-order chi connectivity index (χ0) is 22.8. The van der Waals surface area contributed by atoms with Gasteiger partial charge in [0.2, 0.25) is 5.28 Å². The van der Waals surface area contributed by atoms with E-state index >= 15 is 0 Å². The first-order valence-corrected chi connectivity index (χ1v) is 10.8. The number of ether oxygens (including phenoxy) is 1. The van der Waals surface area contributed by atoms with Gasteiger partial charge in [-0.05, 0) is 47.5 Å². The fraction of sp³-hybridized carbons (Fsp3) is 0.167. The molecule has 1 aliphatic heterocycles. The van der Waals surface area contributed by atoms with Crippen molar-refractivity contribution in [1.29, 1.82) is 0 Å². The lowest BCUT2D eigenvalue weighted by molar-refractivity contribution is 0.0859. The summed E-state index contributed by atoms with van der Waals surface area (Å²) in [6.07, 6.45) is 1.17. The van der Waals surface area contributed by atoms with Gasteiger partial charge in [0.15, 0.2) is 0 Å². The van der Waals surface area contributed by atoms with Gasteiger partial charge in [-0.3, -0.25) is 4.68 Å². The van der Waals surface area contributed by atoms with Gasteiger partial charge in [-0.25, -0.2) is 19.2 Å².